The summed E-state index contributed by atoms with van der Waals surface area (Å²) in [6.07, 6.45) is 0. The summed E-state index contributed by atoms with van der Waals surface area (Å²) >= 11 is 0. The van der Waals surface area contributed by atoms with Crippen LogP contribution in [0.3, 0.4) is 0 Å². The third-order valence-corrected chi connectivity index (χ3v) is 19.4. The maximum Gasteiger partial charge on any atom is 0.248 e. The van der Waals surface area contributed by atoms with E-state index in [1.807, 2.05) is 24.3 Å². The predicted molar refractivity (Wildman–Crippen MR) is 423 cm³/mol. The van der Waals surface area contributed by atoms with Gasteiger partial charge in [0.15, 0.2) is 23.0 Å². The monoisotopic (exact) mass is 1620 g/mol. The minimum absolute atomic E-state index is 0.131. The summed E-state index contributed by atoms with van der Waals surface area (Å²) in [5.41, 5.74) is 6.40. The molecule has 0 saturated heterocycles. The van der Waals surface area contributed by atoms with Crippen LogP contribution in [0.5, 0.6) is 34.5 Å². The topological polar surface area (TPSA) is 299 Å². The van der Waals surface area contributed by atoms with Gasteiger partial charge in [0.2, 0.25) is 35.1 Å². The van der Waals surface area contributed by atoms with E-state index in [0.717, 1.165) is 44.5 Å². The van der Waals surface area contributed by atoms with Gasteiger partial charge in [-0.3, -0.25) is 0 Å². The molecule has 0 atom stereocenters. The number of benzene rings is 6. The number of methoxy groups -OCH3 is 6. The molecule has 6 aliphatic rings. The van der Waals surface area contributed by atoms with Gasteiger partial charge in [-0.05, 0) is 68.8 Å². The van der Waals surface area contributed by atoms with Crippen molar-refractivity contribution in [2.45, 2.75) is 22.7 Å². The maximum absolute atomic E-state index is 7.46. The van der Waals surface area contributed by atoms with E-state index in [0.29, 0.717) is 216 Å². The van der Waals surface area contributed by atoms with E-state index in [1.54, 1.807) is 42.7 Å². The SMILES string of the molecule is COCCOCCOCCOc1cc(-c2nnc(C34c5ccccc5C(c5ccccc53)C3(c5nnc(-c6cc(OCCOCCOCCOC)c(OCCOCCOCCOC)c(OCCOCCOCCOC)c6)o5)c5ccccc5C4c4ccccc43)o2)cc(OCCOCCOCCOC)c1OCCOCCOCCOC. The number of ether oxygens (including phenoxy) is 24. The van der Waals surface area contributed by atoms with Crippen molar-refractivity contribution in [2.75, 3.05) is 281 Å². The minimum atomic E-state index is -1.19. The second kappa shape index (κ2) is 49.2. The Hall–Kier alpha value is -8.32. The first-order valence-corrected chi connectivity index (χ1v) is 39.5. The molecule has 2 heterocycles. The lowest BCUT2D eigenvalue weighted by atomic mass is 9.42. The fourth-order valence-electron chi connectivity index (χ4n) is 14.5. The van der Waals surface area contributed by atoms with Crippen molar-refractivity contribution in [3.05, 3.63) is 178 Å². The Labute approximate surface area is 678 Å². The normalized spacial score (nSPS) is 16.2. The zero-order chi connectivity index (χ0) is 80.5. The Kier molecular flexibility index (Phi) is 37.5. The van der Waals surface area contributed by atoms with Gasteiger partial charge in [0.05, 0.1) is 198 Å². The van der Waals surface area contributed by atoms with Gasteiger partial charge in [-0.15, -0.1) is 20.4 Å². The summed E-state index contributed by atoms with van der Waals surface area (Å²) in [4.78, 5) is 0. The number of nitrogens with zero attached hydrogens (tertiary/aromatic N) is 4. The molecule has 30 nitrogen and oxygen atoms in total. The van der Waals surface area contributed by atoms with Crippen LogP contribution in [0.25, 0.3) is 22.9 Å². The zero-order valence-electron chi connectivity index (χ0n) is 67.6. The van der Waals surface area contributed by atoms with Crippen LogP contribution >= 0.6 is 0 Å². The van der Waals surface area contributed by atoms with Crippen molar-refractivity contribution in [1.82, 2.24) is 20.4 Å². The molecule has 14 rings (SSSR count). The molecule has 0 spiro atoms. The molecular formula is C86H112N4O26. The largest absolute Gasteiger partial charge is 0.487 e. The molecule has 0 amide bonds. The molecule has 0 aliphatic heterocycles. The van der Waals surface area contributed by atoms with E-state index in [1.165, 1.54) is 0 Å². The lowest BCUT2D eigenvalue weighted by Gasteiger charge is -2.58. The summed E-state index contributed by atoms with van der Waals surface area (Å²) in [5, 5.41) is 20.5. The Morgan fingerprint density at radius 3 is 0.664 bits per heavy atom. The molecule has 8 aromatic rings. The standard InChI is InChI=1S/C86H112N4O26/c1-91-23-29-97-35-41-103-47-53-109-73-59-63(60-74(110-54-48-104-42-36-98-30-24-92-2)79(73)113-57-51-107-45-39-101-33-27-95-5)81-87-89-83(115-81)85-69-19-11-7-15-65(69)78(66-16-8-12-20-70(66)85)86(71-21-13-9-17-67(71)77(85)68-18-10-14-22-72(68)86)84-90-88-82(116-84)64-61-75(111-55-49-105-43-37-99-31-25-93-3)80(114-58-52-108-46-40-102-34-28-96-6)76(62-64)112-56-50-106-44-38-100-32-26-94-4/h7-22,59-62,77-78H,23-58H2,1-6H3. The molecular weight excluding hydrogens is 1500 g/mol. The summed E-state index contributed by atoms with van der Waals surface area (Å²) < 4.78 is 155. The fourth-order valence-corrected chi connectivity index (χ4v) is 14.5. The van der Waals surface area contributed by atoms with Crippen molar-refractivity contribution in [3.8, 4) is 57.4 Å². The lowest BCUT2D eigenvalue weighted by molar-refractivity contribution is 0.0146. The Bertz CT molecular complexity index is 3680. The highest BCUT2D eigenvalue weighted by molar-refractivity contribution is 5.77. The van der Waals surface area contributed by atoms with E-state index < -0.39 is 22.7 Å². The van der Waals surface area contributed by atoms with Crippen molar-refractivity contribution >= 4 is 0 Å². The predicted octanol–water partition coefficient (Wildman–Crippen LogP) is 9.41. The van der Waals surface area contributed by atoms with Gasteiger partial charge in [-0.25, -0.2) is 0 Å². The van der Waals surface area contributed by atoms with E-state index in [2.05, 4.69) is 97.1 Å². The van der Waals surface area contributed by atoms with Gasteiger partial charge in [-0.2, -0.15) is 0 Å². The molecule has 0 saturated carbocycles. The highest BCUT2D eigenvalue weighted by Gasteiger charge is 2.67. The molecule has 0 unspecified atom stereocenters. The van der Waals surface area contributed by atoms with Crippen LogP contribution in [0.1, 0.15) is 68.1 Å². The number of aromatic nitrogens is 4. The molecule has 6 aliphatic carbocycles. The smallest absolute Gasteiger partial charge is 0.248 e. The summed E-state index contributed by atoms with van der Waals surface area (Å²) in [7, 11) is 9.79. The Balaban J connectivity index is 0.981. The maximum atomic E-state index is 7.46. The van der Waals surface area contributed by atoms with E-state index in [-0.39, 0.29) is 91.1 Å². The number of rotatable bonds is 64. The average Bonchev–Trinajstić information content (AvgIpc) is 0.869. The summed E-state index contributed by atoms with van der Waals surface area (Å²) in [6, 6.07) is 41.4. The van der Waals surface area contributed by atoms with Crippen LogP contribution < -0.4 is 28.4 Å². The molecule has 632 valence electrons. The zero-order valence-corrected chi connectivity index (χ0v) is 67.6. The van der Waals surface area contributed by atoms with Crippen LogP contribution in [0, 0.1) is 0 Å². The lowest BCUT2D eigenvalue weighted by Crippen LogP contribution is -2.54. The molecule has 116 heavy (non-hydrogen) atoms. The van der Waals surface area contributed by atoms with Gasteiger partial charge < -0.3 is 123 Å². The second-order valence-corrected chi connectivity index (χ2v) is 26.7. The quantitative estimate of drug-likeness (QED) is 0.0320. The molecule has 2 aromatic heterocycles. The van der Waals surface area contributed by atoms with Crippen molar-refractivity contribution < 1.29 is 123 Å². The van der Waals surface area contributed by atoms with Gasteiger partial charge in [0.25, 0.3) is 0 Å². The van der Waals surface area contributed by atoms with Gasteiger partial charge in [0.1, 0.15) is 50.5 Å². The van der Waals surface area contributed by atoms with Crippen LogP contribution in [0.15, 0.2) is 130 Å². The van der Waals surface area contributed by atoms with Gasteiger partial charge in [0, 0.05) is 65.6 Å². The number of hydrogen-bond acceptors (Lipinski definition) is 30. The summed E-state index contributed by atoms with van der Waals surface area (Å²) in [5.74, 6) is 2.03. The Morgan fingerprint density at radius 1 is 0.241 bits per heavy atom. The highest BCUT2D eigenvalue weighted by Crippen LogP contribution is 2.71. The van der Waals surface area contributed by atoms with Crippen LogP contribution in [0.4, 0.5) is 0 Å². The number of hydrogen-bond donors (Lipinski definition) is 0. The van der Waals surface area contributed by atoms with Crippen molar-refractivity contribution in [3.63, 3.8) is 0 Å². The highest BCUT2D eigenvalue weighted by atomic mass is 16.6. The van der Waals surface area contributed by atoms with Crippen LogP contribution in [-0.2, 0) is 96.1 Å². The molecule has 4 bridgehead atoms. The third kappa shape index (κ3) is 23.1. The molecule has 6 aromatic carbocycles. The Morgan fingerprint density at radius 2 is 0.440 bits per heavy atom. The molecule has 0 N–H and O–H groups in total. The molecule has 0 fully saturated rings. The third-order valence-electron chi connectivity index (χ3n) is 19.4. The minimum Gasteiger partial charge on any atom is -0.487 e. The van der Waals surface area contributed by atoms with Crippen molar-refractivity contribution in [2.24, 2.45) is 0 Å². The summed E-state index contributed by atoms with van der Waals surface area (Å²) in [6.45, 7) is 12.1. The molecule has 0 radical (unpaired) electrons. The van der Waals surface area contributed by atoms with E-state index in [9.17, 15) is 0 Å². The van der Waals surface area contributed by atoms with Crippen molar-refractivity contribution in [1.29, 1.82) is 0 Å². The van der Waals surface area contributed by atoms with Crippen LogP contribution in [-0.4, -0.2) is 301 Å². The average molecular weight is 1620 g/mol. The fraction of sp³-hybridized carbons (Fsp3) is 0.535. The first-order chi connectivity index (χ1) is 57.5. The van der Waals surface area contributed by atoms with Crippen LogP contribution in [0.2, 0.25) is 0 Å². The first-order valence-electron chi connectivity index (χ1n) is 39.5. The van der Waals surface area contributed by atoms with E-state index >= 15 is 0 Å². The van der Waals surface area contributed by atoms with E-state index in [4.69, 9.17) is 143 Å². The van der Waals surface area contributed by atoms with Gasteiger partial charge >= 0.3 is 0 Å². The van der Waals surface area contributed by atoms with Gasteiger partial charge in [-0.1, -0.05) is 97.1 Å². The second-order valence-electron chi connectivity index (χ2n) is 26.7. The first kappa shape index (κ1) is 88.5. The molecule has 30 heteroatoms.